The van der Waals surface area contributed by atoms with Crippen molar-refractivity contribution in [2.45, 2.75) is 0 Å². The standard InChI is InChI=1S/12K.72H2O.2H3P.12W/h;;;;;;;;;;;;72*1H2;2*1H3;;;;;;;;;;;;. The van der Waals surface area contributed by atoms with Crippen LogP contribution in [-0.2, 0) is 253 Å². The van der Waals surface area contributed by atoms with E-state index in [9.17, 15) is 0 Å². The van der Waals surface area contributed by atoms with Crippen molar-refractivity contribution in [2.24, 2.45) is 0 Å². The molecule has 0 aromatic carbocycles. The molecule has 98 heteroatoms. The Morgan fingerprint density at radius 1 is 0.0408 bits per heavy atom. The molecule has 0 aliphatic rings. The van der Waals surface area contributed by atoms with Crippen molar-refractivity contribution in [3.8, 4) is 0 Å². The summed E-state index contributed by atoms with van der Waals surface area (Å²) in [5.74, 6) is 0. The van der Waals surface area contributed by atoms with Crippen molar-refractivity contribution >= 4 is 636 Å². The minimum absolute atomic E-state index is 0. The molecule has 676 valence electrons. The summed E-state index contributed by atoms with van der Waals surface area (Å²) in [6.45, 7) is 0. The van der Waals surface area contributed by atoms with Gasteiger partial charge in [-0.2, -0.15) is 19.8 Å². The summed E-state index contributed by atoms with van der Waals surface area (Å²) in [6.07, 6.45) is 0. The quantitative estimate of drug-likeness (QED) is 0.161. The Kier molecular flexibility index (Phi) is 77700. The average molecular weight is 4040 g/mol. The molecule has 0 aromatic heterocycles. The van der Waals surface area contributed by atoms with E-state index in [-0.39, 0.29) is 1280 Å². The fraction of sp³-hybridized carbons (Fsp3) is 0. The van der Waals surface area contributed by atoms with E-state index in [1.54, 1.807) is 0 Å². The van der Waals surface area contributed by atoms with Gasteiger partial charge in [-0.15, -0.1) is 0 Å². The molecule has 0 saturated heterocycles. The first-order chi connectivity index (χ1) is 0. The first-order valence-electron chi connectivity index (χ1n) is 0. The summed E-state index contributed by atoms with van der Waals surface area (Å²) in [4.78, 5) is 0. The van der Waals surface area contributed by atoms with Crippen molar-refractivity contribution in [1.29, 1.82) is 0 Å². The summed E-state index contributed by atoms with van der Waals surface area (Å²) >= 11 is 0. The molecule has 0 spiro atoms. The molecular formula is H150K12O72P2W12. The SMILES string of the molecule is O.O.O.O.O.O.O.O.O.O.O.O.O.O.O.O.O.O.O.O.O.O.O.O.O.O.O.O.O.O.O.O.O.O.O.O.O.O.O.O.O.O.O.O.O.O.O.O.O.O.O.O.O.O.O.O.O.O.O.O.O.O.O.O.O.O.O.O.O.O.O.O.P.P.[K].[K].[K].[K].[K].[K].[K].[K].[K].[K].[K].[K].[W].[W].[W].[W].[W].[W].[W].[W].[W].[W].[W].[W]. The van der Waals surface area contributed by atoms with Gasteiger partial charge in [0.15, 0.2) is 0 Å². The van der Waals surface area contributed by atoms with E-state index in [0.717, 1.165) is 0 Å². The normalized spacial score (nSPS) is 0. The van der Waals surface area contributed by atoms with Crippen molar-refractivity contribution in [1.82, 2.24) is 0 Å². The van der Waals surface area contributed by atoms with Gasteiger partial charge >= 0.3 is 0 Å². The van der Waals surface area contributed by atoms with Crippen LogP contribution in [0.25, 0.3) is 0 Å². The van der Waals surface area contributed by atoms with Gasteiger partial charge < -0.3 is 394 Å². The van der Waals surface area contributed by atoms with Crippen LogP contribution >= 0.6 is 19.8 Å². The van der Waals surface area contributed by atoms with Gasteiger partial charge in [-0.1, -0.05) is 0 Å². The van der Waals surface area contributed by atoms with Crippen LogP contribution in [0.1, 0.15) is 0 Å². The second kappa shape index (κ2) is 2730. The van der Waals surface area contributed by atoms with Gasteiger partial charge in [0.25, 0.3) is 0 Å². The summed E-state index contributed by atoms with van der Waals surface area (Å²) in [7, 11) is 0. The summed E-state index contributed by atoms with van der Waals surface area (Å²) < 4.78 is 0. The Balaban J connectivity index is 0. The molecule has 0 bridgehead atoms. The van der Waals surface area contributed by atoms with Gasteiger partial charge in [0.2, 0.25) is 0 Å². The van der Waals surface area contributed by atoms with Crippen molar-refractivity contribution in [3.05, 3.63) is 0 Å². The van der Waals surface area contributed by atoms with E-state index >= 15 is 0 Å². The van der Waals surface area contributed by atoms with Gasteiger partial charge in [0.05, 0.1) is 0 Å². The zero-order valence-corrected chi connectivity index (χ0v) is 130. The smallest absolute Gasteiger partial charge is 0 e. The van der Waals surface area contributed by atoms with Crippen molar-refractivity contribution < 1.29 is 647 Å². The molecule has 0 saturated carbocycles. The van der Waals surface area contributed by atoms with Gasteiger partial charge in [-0.3, -0.25) is 0 Å². The molecule has 144 N–H and O–H groups in total. The summed E-state index contributed by atoms with van der Waals surface area (Å²) in [6, 6.07) is 0. The molecule has 0 heterocycles. The van der Waals surface area contributed by atoms with E-state index in [1.807, 2.05) is 0 Å². The number of rotatable bonds is 0. The Morgan fingerprint density at radius 3 is 0.0408 bits per heavy atom. The maximum absolute atomic E-state index is 0. The molecule has 0 aliphatic carbocycles. The largest absolute Gasteiger partial charge is 0.412 e. The van der Waals surface area contributed by atoms with Gasteiger partial charge in [0.1, 0.15) is 0 Å². The third kappa shape index (κ3) is 2660. The first-order valence-corrected chi connectivity index (χ1v) is 0. The molecule has 0 fully saturated rings. The molecule has 0 aliphatic heterocycles. The number of hydrogen-bond donors (Lipinski definition) is 0. The van der Waals surface area contributed by atoms with Crippen LogP contribution in [0.4, 0.5) is 0 Å². The van der Waals surface area contributed by atoms with E-state index in [0.29, 0.717) is 0 Å². The molecule has 72 nitrogen and oxygen atoms in total. The molecule has 2 unspecified atom stereocenters. The molecule has 0 rings (SSSR count). The zero-order chi connectivity index (χ0) is 0. The van der Waals surface area contributed by atoms with Crippen LogP contribution in [0, 0.1) is 0 Å². The second-order valence-electron chi connectivity index (χ2n) is 0. The minimum atomic E-state index is 0. The molecule has 0 aromatic rings. The van der Waals surface area contributed by atoms with E-state index < -0.39 is 0 Å². The molecule has 98 heavy (non-hydrogen) atoms. The Morgan fingerprint density at radius 2 is 0.0408 bits per heavy atom. The zero-order valence-electron chi connectivity index (χ0n) is 54.3. The monoisotopic (exact) mass is 4040 g/mol. The second-order valence-corrected chi connectivity index (χ2v) is 0. The van der Waals surface area contributed by atoms with Gasteiger partial charge in [-0.25, -0.2) is 0 Å². The first kappa shape index (κ1) is 2790. The Hall–Kier alpha value is 25.9. The topological polar surface area (TPSA) is 2270 Å². The van der Waals surface area contributed by atoms with Crippen molar-refractivity contribution in [2.75, 3.05) is 0 Å². The van der Waals surface area contributed by atoms with Crippen LogP contribution in [0.2, 0.25) is 0 Å². The predicted octanol–water partition coefficient (Wildman–Crippen LogP) is -63.9. The van der Waals surface area contributed by atoms with Crippen LogP contribution < -0.4 is 0 Å². The third-order valence-corrected chi connectivity index (χ3v) is 0. The molecular weight excluding hydrogens is 3890 g/mol. The predicted molar refractivity (Wildman–Crippen MR) is 351 cm³/mol. The fourth-order valence-electron chi connectivity index (χ4n) is 0. The Labute approximate surface area is 1250 Å². The summed E-state index contributed by atoms with van der Waals surface area (Å²) in [5.41, 5.74) is 0. The maximum Gasteiger partial charge on any atom is 0 e. The fourth-order valence-corrected chi connectivity index (χ4v) is 0. The maximum atomic E-state index is 0. The average Bonchev–Trinajstić information content (AvgIpc) is 0. The van der Waals surface area contributed by atoms with Crippen molar-refractivity contribution in [3.63, 3.8) is 0 Å². The van der Waals surface area contributed by atoms with Crippen LogP contribution in [-0.4, -0.2) is 1010 Å². The molecule has 12 radical (unpaired) electrons. The minimum Gasteiger partial charge on any atom is -0.412 e. The molecule has 0 amide bonds. The molecule has 2 atom stereocenters. The summed E-state index contributed by atoms with van der Waals surface area (Å²) in [5, 5.41) is 0. The van der Waals surface area contributed by atoms with Crippen LogP contribution in [0.5, 0.6) is 0 Å². The van der Waals surface area contributed by atoms with Gasteiger partial charge in [-0.05, 0) is 0 Å². The third-order valence-electron chi connectivity index (χ3n) is 0. The van der Waals surface area contributed by atoms with E-state index in [2.05, 4.69) is 0 Å². The Bertz CT molecular complexity index is 116. The van der Waals surface area contributed by atoms with Gasteiger partial charge in [0, 0.05) is 869 Å². The van der Waals surface area contributed by atoms with Crippen LogP contribution in [0.3, 0.4) is 0 Å². The van der Waals surface area contributed by atoms with E-state index in [4.69, 9.17) is 0 Å². The van der Waals surface area contributed by atoms with Crippen LogP contribution in [0.15, 0.2) is 0 Å². The number of hydrogen-bond acceptors (Lipinski definition) is 0. The van der Waals surface area contributed by atoms with E-state index in [1.165, 1.54) is 0 Å².